The van der Waals surface area contributed by atoms with Crippen LogP contribution < -0.4 is 5.32 Å². The zero-order chi connectivity index (χ0) is 17.7. The van der Waals surface area contributed by atoms with Gasteiger partial charge >= 0.3 is 5.97 Å². The number of esters is 1. The Labute approximate surface area is 141 Å². The number of sulfone groups is 1. The summed E-state index contributed by atoms with van der Waals surface area (Å²) in [7, 11) is -3.20. The molecule has 1 aromatic carbocycles. The Morgan fingerprint density at radius 3 is 2.38 bits per heavy atom. The minimum atomic E-state index is -3.20. The standard InChI is InChI=1S/C17H20N2O4S/c1-4-23-17(20)14-7-10-16(18-11-14)19-12(2)13-5-8-15(9-6-13)24(3,21)22/h5-12H,4H2,1-3H3,(H,18,19). The lowest BCUT2D eigenvalue weighted by atomic mass is 10.1. The van der Waals surface area contributed by atoms with Gasteiger partial charge in [-0.25, -0.2) is 18.2 Å². The Morgan fingerprint density at radius 1 is 1.21 bits per heavy atom. The van der Waals surface area contributed by atoms with Crippen molar-refractivity contribution in [2.45, 2.75) is 24.8 Å². The second-order valence-corrected chi connectivity index (χ2v) is 7.38. The van der Waals surface area contributed by atoms with Crippen LogP contribution in [0.25, 0.3) is 0 Å². The van der Waals surface area contributed by atoms with Crippen LogP contribution in [-0.2, 0) is 14.6 Å². The molecule has 0 saturated heterocycles. The van der Waals surface area contributed by atoms with Crippen molar-refractivity contribution >= 4 is 21.6 Å². The maximum absolute atomic E-state index is 11.6. The number of hydrogen-bond donors (Lipinski definition) is 1. The third-order valence-electron chi connectivity index (χ3n) is 3.45. The summed E-state index contributed by atoms with van der Waals surface area (Å²) in [6, 6.07) is 9.97. The fourth-order valence-corrected chi connectivity index (χ4v) is 2.75. The van der Waals surface area contributed by atoms with E-state index in [1.165, 1.54) is 12.5 Å². The molecule has 1 N–H and O–H groups in total. The number of rotatable bonds is 6. The van der Waals surface area contributed by atoms with Crippen LogP contribution in [0.1, 0.15) is 35.8 Å². The SMILES string of the molecule is CCOC(=O)c1ccc(NC(C)c2ccc(S(C)(=O)=O)cc2)nc1. The molecule has 1 unspecified atom stereocenters. The van der Waals surface area contributed by atoms with Gasteiger partial charge < -0.3 is 10.1 Å². The Bertz CT molecular complexity index is 799. The number of anilines is 1. The number of nitrogens with zero attached hydrogens (tertiary/aromatic N) is 1. The highest BCUT2D eigenvalue weighted by atomic mass is 32.2. The van der Waals surface area contributed by atoms with Gasteiger partial charge in [0.25, 0.3) is 0 Å². The molecule has 24 heavy (non-hydrogen) atoms. The minimum absolute atomic E-state index is 0.0699. The molecule has 0 aliphatic rings. The first-order valence-electron chi connectivity index (χ1n) is 7.51. The van der Waals surface area contributed by atoms with Crippen LogP contribution in [0.4, 0.5) is 5.82 Å². The second-order valence-electron chi connectivity index (χ2n) is 5.36. The summed E-state index contributed by atoms with van der Waals surface area (Å²) in [5.41, 5.74) is 1.33. The third kappa shape index (κ3) is 4.55. The van der Waals surface area contributed by atoms with Crippen LogP contribution in [0, 0.1) is 0 Å². The molecule has 1 atom stereocenters. The summed E-state index contributed by atoms with van der Waals surface area (Å²) < 4.78 is 27.9. The fourth-order valence-electron chi connectivity index (χ4n) is 2.12. The van der Waals surface area contributed by atoms with E-state index in [2.05, 4.69) is 10.3 Å². The quantitative estimate of drug-likeness (QED) is 0.808. The Morgan fingerprint density at radius 2 is 1.88 bits per heavy atom. The number of aromatic nitrogens is 1. The molecule has 2 aromatic rings. The highest BCUT2D eigenvalue weighted by molar-refractivity contribution is 7.90. The zero-order valence-corrected chi connectivity index (χ0v) is 14.6. The molecule has 7 heteroatoms. The minimum Gasteiger partial charge on any atom is -0.462 e. The van der Waals surface area contributed by atoms with Crippen molar-refractivity contribution in [2.24, 2.45) is 0 Å². The Hall–Kier alpha value is -2.41. The molecule has 0 radical (unpaired) electrons. The molecule has 0 aliphatic carbocycles. The predicted octanol–water partition coefficient (Wildman–Crippen LogP) is 2.83. The molecule has 0 saturated carbocycles. The molecule has 2 rings (SSSR count). The van der Waals surface area contributed by atoms with Crippen LogP contribution in [0.5, 0.6) is 0 Å². The molecular formula is C17H20N2O4S. The van der Waals surface area contributed by atoms with E-state index >= 15 is 0 Å². The highest BCUT2D eigenvalue weighted by Crippen LogP contribution is 2.20. The van der Waals surface area contributed by atoms with E-state index < -0.39 is 15.8 Å². The normalized spacial score (nSPS) is 12.5. The lowest BCUT2D eigenvalue weighted by Crippen LogP contribution is -2.10. The maximum Gasteiger partial charge on any atom is 0.339 e. The molecule has 0 spiro atoms. The van der Waals surface area contributed by atoms with E-state index in [0.717, 1.165) is 5.56 Å². The van der Waals surface area contributed by atoms with Crippen molar-refractivity contribution in [3.8, 4) is 0 Å². The molecule has 0 amide bonds. The molecule has 6 nitrogen and oxygen atoms in total. The fraction of sp³-hybridized carbons (Fsp3) is 0.294. The van der Waals surface area contributed by atoms with Crippen molar-refractivity contribution in [3.05, 3.63) is 53.7 Å². The van der Waals surface area contributed by atoms with Crippen LogP contribution >= 0.6 is 0 Å². The van der Waals surface area contributed by atoms with E-state index in [9.17, 15) is 13.2 Å². The monoisotopic (exact) mass is 348 g/mol. The number of pyridine rings is 1. The van der Waals surface area contributed by atoms with E-state index in [0.29, 0.717) is 18.0 Å². The van der Waals surface area contributed by atoms with Gasteiger partial charge in [0.05, 0.1) is 17.1 Å². The van der Waals surface area contributed by atoms with E-state index in [4.69, 9.17) is 4.74 Å². The van der Waals surface area contributed by atoms with Crippen molar-refractivity contribution in [3.63, 3.8) is 0 Å². The molecule has 0 bridgehead atoms. The maximum atomic E-state index is 11.6. The lowest BCUT2D eigenvalue weighted by Gasteiger charge is -2.15. The van der Waals surface area contributed by atoms with Crippen LogP contribution in [-0.4, -0.2) is 32.2 Å². The van der Waals surface area contributed by atoms with Crippen molar-refractivity contribution in [1.29, 1.82) is 0 Å². The first-order valence-corrected chi connectivity index (χ1v) is 9.40. The topological polar surface area (TPSA) is 85.4 Å². The average Bonchev–Trinajstić information content (AvgIpc) is 2.55. The van der Waals surface area contributed by atoms with Crippen LogP contribution in [0.3, 0.4) is 0 Å². The van der Waals surface area contributed by atoms with Gasteiger partial charge in [0.15, 0.2) is 9.84 Å². The Kier molecular flexibility index (Phi) is 5.56. The third-order valence-corrected chi connectivity index (χ3v) is 4.58. The van der Waals surface area contributed by atoms with Crippen molar-refractivity contribution in [1.82, 2.24) is 4.98 Å². The van der Waals surface area contributed by atoms with E-state index in [-0.39, 0.29) is 10.9 Å². The molecule has 1 heterocycles. The molecular weight excluding hydrogens is 328 g/mol. The first-order chi connectivity index (χ1) is 11.3. The Balaban J connectivity index is 2.06. The van der Waals surface area contributed by atoms with Gasteiger partial charge in [-0.15, -0.1) is 0 Å². The number of ether oxygens (including phenoxy) is 1. The number of benzene rings is 1. The van der Waals surface area contributed by atoms with Gasteiger partial charge in [-0.05, 0) is 43.7 Å². The highest BCUT2D eigenvalue weighted by Gasteiger charge is 2.11. The first kappa shape index (κ1) is 17.9. The summed E-state index contributed by atoms with van der Waals surface area (Å²) in [4.78, 5) is 16.1. The molecule has 0 fully saturated rings. The summed E-state index contributed by atoms with van der Waals surface area (Å²) >= 11 is 0. The smallest absolute Gasteiger partial charge is 0.339 e. The largest absolute Gasteiger partial charge is 0.462 e. The van der Waals surface area contributed by atoms with Crippen LogP contribution in [0.15, 0.2) is 47.5 Å². The second kappa shape index (κ2) is 7.44. The molecule has 0 aliphatic heterocycles. The van der Waals surface area contributed by atoms with Gasteiger partial charge in [-0.1, -0.05) is 12.1 Å². The molecule has 128 valence electrons. The number of hydrogen-bond acceptors (Lipinski definition) is 6. The van der Waals surface area contributed by atoms with E-state index in [1.807, 2.05) is 6.92 Å². The number of carbonyl (C=O) groups is 1. The summed E-state index contributed by atoms with van der Waals surface area (Å²) in [6.07, 6.45) is 2.64. The summed E-state index contributed by atoms with van der Waals surface area (Å²) in [5.74, 6) is 0.212. The van der Waals surface area contributed by atoms with Gasteiger partial charge in [-0.2, -0.15) is 0 Å². The number of nitrogens with one attached hydrogen (secondary N) is 1. The average molecular weight is 348 g/mol. The zero-order valence-electron chi connectivity index (χ0n) is 13.8. The van der Waals surface area contributed by atoms with Gasteiger partial charge in [-0.3, -0.25) is 0 Å². The van der Waals surface area contributed by atoms with Crippen molar-refractivity contribution in [2.75, 3.05) is 18.2 Å². The van der Waals surface area contributed by atoms with Gasteiger partial charge in [0.1, 0.15) is 5.82 Å². The van der Waals surface area contributed by atoms with Gasteiger partial charge in [0, 0.05) is 18.5 Å². The number of carbonyl (C=O) groups excluding carboxylic acids is 1. The van der Waals surface area contributed by atoms with Gasteiger partial charge in [0.2, 0.25) is 0 Å². The summed E-state index contributed by atoms with van der Waals surface area (Å²) in [5, 5.41) is 3.20. The predicted molar refractivity (Wildman–Crippen MR) is 91.8 cm³/mol. The van der Waals surface area contributed by atoms with Crippen LogP contribution in [0.2, 0.25) is 0 Å². The van der Waals surface area contributed by atoms with E-state index in [1.54, 1.807) is 43.3 Å². The lowest BCUT2D eigenvalue weighted by molar-refractivity contribution is 0.0526. The molecule has 1 aromatic heterocycles. The summed E-state index contributed by atoms with van der Waals surface area (Å²) in [6.45, 7) is 4.01. The van der Waals surface area contributed by atoms with Crippen molar-refractivity contribution < 1.29 is 17.9 Å².